The largest absolute Gasteiger partial charge is 0.462 e. The zero-order chi connectivity index (χ0) is 27.3. The molecule has 3 amide bonds. The number of esters is 2. The van der Waals surface area contributed by atoms with Gasteiger partial charge in [0.25, 0.3) is 5.91 Å². The third-order valence-electron chi connectivity index (χ3n) is 5.77. The Morgan fingerprint density at radius 3 is 2.32 bits per heavy atom. The molecule has 0 aliphatic carbocycles. The standard InChI is InChI=1S/C26H33N5O6/c1-7-36-24(33)19-8-10-20(11-9-19)29-26(35)31-13-12-30(14-16(31)4)23(32)22-21(25(34)37-15(2)3)17(5)27-18(6)28-22/h8-11,15-16H,7,12-14H2,1-6H3,(H,29,35). The molecule has 0 spiro atoms. The van der Waals surface area contributed by atoms with Crippen molar-refractivity contribution in [1.29, 1.82) is 0 Å². The van der Waals surface area contributed by atoms with Gasteiger partial charge in [0.05, 0.1) is 24.0 Å². The molecule has 1 atom stereocenters. The summed E-state index contributed by atoms with van der Waals surface area (Å²) in [5.74, 6) is -1.10. The van der Waals surface area contributed by atoms with Crippen LogP contribution in [0.3, 0.4) is 0 Å². The van der Waals surface area contributed by atoms with Crippen LogP contribution in [0.5, 0.6) is 0 Å². The van der Waals surface area contributed by atoms with E-state index in [0.717, 1.165) is 0 Å². The SMILES string of the molecule is CCOC(=O)c1ccc(NC(=O)N2CCN(C(=O)c3nc(C)nc(C)c3C(=O)OC(C)C)CC2C)cc1. The Kier molecular flexibility index (Phi) is 8.80. The zero-order valence-electron chi connectivity index (χ0n) is 22.0. The van der Waals surface area contributed by atoms with E-state index in [1.807, 2.05) is 6.92 Å². The molecule has 3 rings (SSSR count). The molecule has 0 bridgehead atoms. The second kappa shape index (κ2) is 11.8. The van der Waals surface area contributed by atoms with Crippen LogP contribution in [-0.4, -0.2) is 82.0 Å². The van der Waals surface area contributed by atoms with E-state index in [4.69, 9.17) is 9.47 Å². The number of urea groups is 1. The molecule has 2 heterocycles. The molecule has 1 aliphatic rings. The van der Waals surface area contributed by atoms with E-state index in [2.05, 4.69) is 15.3 Å². The van der Waals surface area contributed by atoms with Crippen molar-refractivity contribution in [3.63, 3.8) is 0 Å². The van der Waals surface area contributed by atoms with Crippen molar-refractivity contribution in [2.75, 3.05) is 31.6 Å². The van der Waals surface area contributed by atoms with Gasteiger partial charge in [-0.3, -0.25) is 4.79 Å². The topological polar surface area (TPSA) is 131 Å². The lowest BCUT2D eigenvalue weighted by Crippen LogP contribution is -2.56. The summed E-state index contributed by atoms with van der Waals surface area (Å²) in [6.07, 6.45) is -0.361. The van der Waals surface area contributed by atoms with Crippen molar-refractivity contribution in [2.24, 2.45) is 0 Å². The number of nitrogens with one attached hydrogen (secondary N) is 1. The number of carbonyl (C=O) groups is 4. The molecule has 0 saturated carbocycles. The summed E-state index contributed by atoms with van der Waals surface area (Å²) in [6.45, 7) is 11.4. The molecule has 1 aromatic carbocycles. The van der Waals surface area contributed by atoms with Crippen LogP contribution in [-0.2, 0) is 9.47 Å². The number of anilines is 1. The molecule has 37 heavy (non-hydrogen) atoms. The fourth-order valence-corrected chi connectivity index (χ4v) is 4.08. The summed E-state index contributed by atoms with van der Waals surface area (Å²) in [5, 5.41) is 2.82. The number of aryl methyl sites for hydroxylation is 2. The second-order valence-corrected chi connectivity index (χ2v) is 9.06. The van der Waals surface area contributed by atoms with E-state index in [-0.39, 0.29) is 55.7 Å². The molecule has 1 aliphatic heterocycles. The molecule has 1 N–H and O–H groups in total. The first kappa shape index (κ1) is 27.6. The molecule has 2 aromatic rings. The van der Waals surface area contributed by atoms with Crippen LogP contribution in [0, 0.1) is 13.8 Å². The summed E-state index contributed by atoms with van der Waals surface area (Å²) < 4.78 is 10.3. The minimum absolute atomic E-state index is 0.00226. The summed E-state index contributed by atoms with van der Waals surface area (Å²) in [7, 11) is 0. The van der Waals surface area contributed by atoms with Crippen LogP contribution >= 0.6 is 0 Å². The molecule has 198 valence electrons. The smallest absolute Gasteiger partial charge is 0.342 e. The van der Waals surface area contributed by atoms with Gasteiger partial charge in [-0.1, -0.05) is 0 Å². The lowest BCUT2D eigenvalue weighted by molar-refractivity contribution is 0.0366. The van der Waals surface area contributed by atoms with Crippen molar-refractivity contribution in [2.45, 2.75) is 53.7 Å². The Bertz CT molecular complexity index is 1180. The van der Waals surface area contributed by atoms with Gasteiger partial charge in [-0.15, -0.1) is 0 Å². The van der Waals surface area contributed by atoms with Crippen molar-refractivity contribution in [3.8, 4) is 0 Å². The summed E-state index contributed by atoms with van der Waals surface area (Å²) in [5.41, 5.74) is 1.36. The van der Waals surface area contributed by atoms with Gasteiger partial charge in [0, 0.05) is 31.4 Å². The van der Waals surface area contributed by atoms with Crippen molar-refractivity contribution < 1.29 is 28.7 Å². The maximum absolute atomic E-state index is 13.4. The Morgan fingerprint density at radius 2 is 1.73 bits per heavy atom. The van der Waals surface area contributed by atoms with Crippen LogP contribution in [0.4, 0.5) is 10.5 Å². The van der Waals surface area contributed by atoms with Crippen molar-refractivity contribution in [1.82, 2.24) is 19.8 Å². The molecule has 1 aromatic heterocycles. The fourth-order valence-electron chi connectivity index (χ4n) is 4.08. The summed E-state index contributed by atoms with van der Waals surface area (Å²) in [4.78, 5) is 62.6. The predicted molar refractivity (Wildman–Crippen MR) is 136 cm³/mol. The molecule has 1 unspecified atom stereocenters. The number of aromatic nitrogens is 2. The first-order chi connectivity index (χ1) is 17.5. The number of carbonyl (C=O) groups excluding carboxylic acids is 4. The number of benzene rings is 1. The number of amides is 3. The normalized spacial score (nSPS) is 15.4. The quantitative estimate of drug-likeness (QED) is 0.585. The van der Waals surface area contributed by atoms with Gasteiger partial charge < -0.3 is 24.6 Å². The highest BCUT2D eigenvalue weighted by molar-refractivity contribution is 6.04. The lowest BCUT2D eigenvalue weighted by atomic mass is 10.1. The number of piperazine rings is 1. The molecule has 0 radical (unpaired) electrons. The fraction of sp³-hybridized carbons (Fsp3) is 0.462. The summed E-state index contributed by atoms with van der Waals surface area (Å²) >= 11 is 0. The van der Waals surface area contributed by atoms with Crippen molar-refractivity contribution >= 4 is 29.6 Å². The van der Waals surface area contributed by atoms with Crippen LogP contribution in [0.1, 0.15) is 70.4 Å². The van der Waals surface area contributed by atoms with Crippen LogP contribution in [0.2, 0.25) is 0 Å². The Balaban J connectivity index is 1.69. The minimum Gasteiger partial charge on any atom is -0.462 e. The van der Waals surface area contributed by atoms with Gasteiger partial charge in [-0.2, -0.15) is 0 Å². The molecular weight excluding hydrogens is 478 g/mol. The maximum atomic E-state index is 13.4. The molecule has 11 nitrogen and oxygen atoms in total. The Hall–Kier alpha value is -4.02. The van der Waals surface area contributed by atoms with E-state index in [0.29, 0.717) is 22.8 Å². The van der Waals surface area contributed by atoms with E-state index in [1.54, 1.807) is 68.7 Å². The Labute approximate surface area is 216 Å². The molecule has 11 heteroatoms. The van der Waals surface area contributed by atoms with E-state index in [1.165, 1.54) is 0 Å². The number of ether oxygens (including phenoxy) is 2. The molecule has 1 fully saturated rings. The first-order valence-corrected chi connectivity index (χ1v) is 12.2. The van der Waals surface area contributed by atoms with Crippen LogP contribution in [0.25, 0.3) is 0 Å². The van der Waals surface area contributed by atoms with E-state index >= 15 is 0 Å². The lowest BCUT2D eigenvalue weighted by Gasteiger charge is -2.39. The summed E-state index contributed by atoms with van der Waals surface area (Å²) in [6, 6.07) is 5.81. The van der Waals surface area contributed by atoms with Gasteiger partial charge in [0.1, 0.15) is 17.1 Å². The van der Waals surface area contributed by atoms with E-state index in [9.17, 15) is 19.2 Å². The first-order valence-electron chi connectivity index (χ1n) is 12.2. The third-order valence-corrected chi connectivity index (χ3v) is 5.77. The zero-order valence-corrected chi connectivity index (χ0v) is 22.0. The second-order valence-electron chi connectivity index (χ2n) is 9.06. The third kappa shape index (κ3) is 6.60. The maximum Gasteiger partial charge on any atom is 0.342 e. The number of nitrogens with zero attached hydrogens (tertiary/aromatic N) is 4. The average molecular weight is 512 g/mol. The molecular formula is C26H33N5O6. The highest BCUT2D eigenvalue weighted by atomic mass is 16.5. The van der Waals surface area contributed by atoms with Gasteiger partial charge in [-0.25, -0.2) is 24.4 Å². The van der Waals surface area contributed by atoms with Gasteiger partial charge >= 0.3 is 18.0 Å². The van der Waals surface area contributed by atoms with Crippen molar-refractivity contribution in [3.05, 3.63) is 52.6 Å². The van der Waals surface area contributed by atoms with Gasteiger partial charge in [0.2, 0.25) is 0 Å². The van der Waals surface area contributed by atoms with Crippen LogP contribution < -0.4 is 5.32 Å². The van der Waals surface area contributed by atoms with Gasteiger partial charge in [0.15, 0.2) is 0 Å². The number of hydrogen-bond acceptors (Lipinski definition) is 8. The number of rotatable bonds is 6. The average Bonchev–Trinajstić information content (AvgIpc) is 2.83. The van der Waals surface area contributed by atoms with E-state index < -0.39 is 17.8 Å². The highest BCUT2D eigenvalue weighted by Crippen LogP contribution is 2.20. The number of hydrogen-bond donors (Lipinski definition) is 1. The monoisotopic (exact) mass is 511 g/mol. The molecule has 1 saturated heterocycles. The van der Waals surface area contributed by atoms with Crippen LogP contribution in [0.15, 0.2) is 24.3 Å². The highest BCUT2D eigenvalue weighted by Gasteiger charge is 2.34. The Morgan fingerprint density at radius 1 is 1.05 bits per heavy atom. The predicted octanol–water partition coefficient (Wildman–Crippen LogP) is 3.21. The van der Waals surface area contributed by atoms with Gasteiger partial charge in [-0.05, 0) is 65.8 Å². The minimum atomic E-state index is -0.643.